The molecule has 2 rings (SSSR count). The molecule has 1 heterocycles. The monoisotopic (exact) mass is 202 g/mol. The fourth-order valence-corrected chi connectivity index (χ4v) is 1.54. The highest BCUT2D eigenvalue weighted by atomic mass is 15.3. The van der Waals surface area contributed by atoms with Gasteiger partial charge < -0.3 is 5.73 Å². The van der Waals surface area contributed by atoms with Crippen LogP contribution in [0.1, 0.15) is 5.56 Å². The van der Waals surface area contributed by atoms with Gasteiger partial charge in [0.15, 0.2) is 5.82 Å². The molecule has 78 valence electrons. The Morgan fingerprint density at radius 2 is 2.00 bits per heavy atom. The lowest BCUT2D eigenvalue weighted by Gasteiger charge is -2.02. The van der Waals surface area contributed by atoms with Gasteiger partial charge in [-0.05, 0) is 18.5 Å². The van der Waals surface area contributed by atoms with Gasteiger partial charge in [0, 0.05) is 12.6 Å². The van der Waals surface area contributed by atoms with E-state index in [9.17, 15) is 0 Å². The molecular weight excluding hydrogens is 188 g/mol. The molecule has 0 bridgehead atoms. The van der Waals surface area contributed by atoms with Crippen molar-refractivity contribution in [1.82, 2.24) is 14.8 Å². The highest BCUT2D eigenvalue weighted by Crippen LogP contribution is 2.16. The van der Waals surface area contributed by atoms with Gasteiger partial charge >= 0.3 is 0 Å². The first kappa shape index (κ1) is 9.86. The van der Waals surface area contributed by atoms with Crippen LogP contribution in [0, 0.1) is 0 Å². The normalized spacial score (nSPS) is 10.5. The van der Waals surface area contributed by atoms with E-state index in [-0.39, 0.29) is 0 Å². The van der Waals surface area contributed by atoms with E-state index >= 15 is 0 Å². The number of hydrogen-bond acceptors (Lipinski definition) is 3. The van der Waals surface area contributed by atoms with Gasteiger partial charge in [0.05, 0.1) is 0 Å². The molecule has 0 aliphatic heterocycles. The molecule has 0 aliphatic carbocycles. The molecule has 2 aromatic rings. The van der Waals surface area contributed by atoms with Crippen LogP contribution in [0.3, 0.4) is 0 Å². The van der Waals surface area contributed by atoms with E-state index in [1.807, 2.05) is 7.05 Å². The summed E-state index contributed by atoms with van der Waals surface area (Å²) in [5.41, 5.74) is 7.82. The molecule has 0 radical (unpaired) electrons. The van der Waals surface area contributed by atoms with Gasteiger partial charge in [0.2, 0.25) is 0 Å². The molecule has 0 spiro atoms. The van der Waals surface area contributed by atoms with Crippen LogP contribution in [-0.4, -0.2) is 21.3 Å². The highest BCUT2D eigenvalue weighted by molar-refractivity contribution is 5.55. The van der Waals surface area contributed by atoms with E-state index in [2.05, 4.69) is 34.3 Å². The fourth-order valence-electron chi connectivity index (χ4n) is 1.54. The number of rotatable bonds is 3. The van der Waals surface area contributed by atoms with E-state index in [0.29, 0.717) is 6.54 Å². The van der Waals surface area contributed by atoms with Crippen LogP contribution in [0.4, 0.5) is 0 Å². The van der Waals surface area contributed by atoms with Crippen LogP contribution in [0.2, 0.25) is 0 Å². The molecule has 0 amide bonds. The lowest BCUT2D eigenvalue weighted by molar-refractivity contribution is 0.774. The highest BCUT2D eigenvalue weighted by Gasteiger charge is 2.03. The molecule has 2 N–H and O–H groups in total. The topological polar surface area (TPSA) is 56.7 Å². The Morgan fingerprint density at radius 3 is 2.53 bits per heavy atom. The Balaban J connectivity index is 2.28. The molecule has 0 saturated carbocycles. The Kier molecular flexibility index (Phi) is 2.78. The molecule has 4 heteroatoms. The van der Waals surface area contributed by atoms with E-state index < -0.39 is 0 Å². The Morgan fingerprint density at radius 1 is 1.27 bits per heavy atom. The minimum atomic E-state index is 0.684. The van der Waals surface area contributed by atoms with Crippen LogP contribution in [0.5, 0.6) is 0 Å². The van der Waals surface area contributed by atoms with Crippen molar-refractivity contribution in [1.29, 1.82) is 0 Å². The molecule has 0 aliphatic rings. The third-order valence-corrected chi connectivity index (χ3v) is 2.36. The van der Waals surface area contributed by atoms with Gasteiger partial charge in [-0.1, -0.05) is 24.3 Å². The second-order valence-electron chi connectivity index (χ2n) is 3.44. The number of aromatic nitrogens is 3. The van der Waals surface area contributed by atoms with Crippen molar-refractivity contribution in [2.75, 3.05) is 6.54 Å². The molecule has 0 atom stereocenters. The van der Waals surface area contributed by atoms with E-state index in [1.54, 1.807) is 11.0 Å². The van der Waals surface area contributed by atoms with E-state index in [1.165, 1.54) is 5.56 Å². The van der Waals surface area contributed by atoms with Crippen molar-refractivity contribution < 1.29 is 0 Å². The minimum absolute atomic E-state index is 0.684. The molecule has 1 aromatic carbocycles. The smallest absolute Gasteiger partial charge is 0.157 e. The van der Waals surface area contributed by atoms with Gasteiger partial charge in [0.1, 0.15) is 6.33 Å². The summed E-state index contributed by atoms with van der Waals surface area (Å²) in [5, 5.41) is 4.04. The van der Waals surface area contributed by atoms with Crippen LogP contribution in [0.15, 0.2) is 30.6 Å². The predicted molar refractivity (Wildman–Crippen MR) is 59.2 cm³/mol. The summed E-state index contributed by atoms with van der Waals surface area (Å²) in [6, 6.07) is 8.26. The third-order valence-electron chi connectivity index (χ3n) is 2.36. The van der Waals surface area contributed by atoms with Crippen LogP contribution in [0.25, 0.3) is 11.4 Å². The number of nitrogens with two attached hydrogens (primary N) is 1. The standard InChI is InChI=1S/C11H14N4/c1-15-11(13-8-14-15)10-4-2-9(3-5-10)6-7-12/h2-5,8H,6-7,12H2,1H3. The summed E-state index contributed by atoms with van der Waals surface area (Å²) in [4.78, 5) is 4.19. The maximum absolute atomic E-state index is 5.49. The van der Waals surface area contributed by atoms with Crippen LogP contribution in [-0.2, 0) is 13.5 Å². The average Bonchev–Trinajstić information content (AvgIpc) is 2.66. The summed E-state index contributed by atoms with van der Waals surface area (Å²) >= 11 is 0. The summed E-state index contributed by atoms with van der Waals surface area (Å²) in [7, 11) is 1.89. The van der Waals surface area contributed by atoms with Crippen LogP contribution >= 0.6 is 0 Å². The predicted octanol–water partition coefficient (Wildman–Crippen LogP) is 0.983. The number of nitrogens with zero attached hydrogens (tertiary/aromatic N) is 3. The summed E-state index contributed by atoms with van der Waals surface area (Å²) in [6.45, 7) is 0.684. The van der Waals surface area contributed by atoms with Gasteiger partial charge in [-0.15, -0.1) is 0 Å². The average molecular weight is 202 g/mol. The molecule has 4 nitrogen and oxygen atoms in total. The fraction of sp³-hybridized carbons (Fsp3) is 0.273. The third kappa shape index (κ3) is 2.05. The first-order chi connectivity index (χ1) is 7.31. The first-order valence-corrected chi connectivity index (χ1v) is 4.94. The summed E-state index contributed by atoms with van der Waals surface area (Å²) in [6.07, 6.45) is 2.47. The Bertz CT molecular complexity index is 430. The molecule has 0 saturated heterocycles. The SMILES string of the molecule is Cn1ncnc1-c1ccc(CCN)cc1. The second-order valence-corrected chi connectivity index (χ2v) is 3.44. The molecule has 0 fully saturated rings. The number of hydrogen-bond donors (Lipinski definition) is 1. The van der Waals surface area contributed by atoms with Crippen molar-refractivity contribution in [2.45, 2.75) is 6.42 Å². The zero-order chi connectivity index (χ0) is 10.7. The summed E-state index contributed by atoms with van der Waals surface area (Å²) < 4.78 is 1.76. The maximum Gasteiger partial charge on any atom is 0.157 e. The van der Waals surface area contributed by atoms with Crippen molar-refractivity contribution >= 4 is 0 Å². The molecule has 0 unspecified atom stereocenters. The maximum atomic E-state index is 5.49. The zero-order valence-electron chi connectivity index (χ0n) is 8.72. The van der Waals surface area contributed by atoms with Gasteiger partial charge in [-0.2, -0.15) is 5.10 Å². The first-order valence-electron chi connectivity index (χ1n) is 4.94. The minimum Gasteiger partial charge on any atom is -0.330 e. The van der Waals surface area contributed by atoms with Crippen molar-refractivity contribution in [2.24, 2.45) is 12.8 Å². The number of benzene rings is 1. The van der Waals surface area contributed by atoms with E-state index in [0.717, 1.165) is 17.8 Å². The summed E-state index contributed by atoms with van der Waals surface area (Å²) in [5.74, 6) is 0.884. The largest absolute Gasteiger partial charge is 0.330 e. The second kappa shape index (κ2) is 4.23. The zero-order valence-corrected chi connectivity index (χ0v) is 8.72. The van der Waals surface area contributed by atoms with Crippen molar-refractivity contribution in [3.05, 3.63) is 36.2 Å². The quantitative estimate of drug-likeness (QED) is 0.807. The Labute approximate surface area is 88.8 Å². The molecule has 15 heavy (non-hydrogen) atoms. The lowest BCUT2D eigenvalue weighted by Crippen LogP contribution is -2.02. The van der Waals surface area contributed by atoms with Crippen molar-refractivity contribution in [3.8, 4) is 11.4 Å². The number of aryl methyl sites for hydroxylation is 1. The van der Waals surface area contributed by atoms with Gasteiger partial charge in [-0.3, -0.25) is 0 Å². The lowest BCUT2D eigenvalue weighted by atomic mass is 10.1. The van der Waals surface area contributed by atoms with Crippen LogP contribution < -0.4 is 5.73 Å². The van der Waals surface area contributed by atoms with Gasteiger partial charge in [-0.25, -0.2) is 9.67 Å². The molecule has 1 aromatic heterocycles. The van der Waals surface area contributed by atoms with Gasteiger partial charge in [0.25, 0.3) is 0 Å². The Hall–Kier alpha value is -1.68. The van der Waals surface area contributed by atoms with Crippen molar-refractivity contribution in [3.63, 3.8) is 0 Å². The molecular formula is C11H14N4. The van der Waals surface area contributed by atoms with E-state index in [4.69, 9.17) is 5.73 Å².